The van der Waals surface area contributed by atoms with E-state index in [0.717, 1.165) is 0 Å². The number of rotatable bonds is 7. The van der Waals surface area contributed by atoms with E-state index in [1.54, 1.807) is 12.1 Å². The standard InChI is InChI=1S/C13H18N2O6/c1-15(8-9-4-3-7-21-9)13(19)14-10(12(17)18)5-6-11(16)20-2/h3-4,7,10H,5-6,8H2,1-2H3,(H,14,19)(H,17,18)/t10-/m1/s1. The summed E-state index contributed by atoms with van der Waals surface area (Å²) in [5, 5.41) is 11.4. The Bertz CT molecular complexity index is 485. The predicted molar refractivity (Wildman–Crippen MR) is 71.4 cm³/mol. The van der Waals surface area contributed by atoms with Crippen LogP contribution in [0.25, 0.3) is 0 Å². The molecule has 1 heterocycles. The van der Waals surface area contributed by atoms with Crippen molar-refractivity contribution in [1.82, 2.24) is 10.2 Å². The van der Waals surface area contributed by atoms with Crippen LogP contribution in [0.3, 0.4) is 0 Å². The van der Waals surface area contributed by atoms with Gasteiger partial charge in [-0.1, -0.05) is 0 Å². The molecule has 1 atom stereocenters. The zero-order valence-corrected chi connectivity index (χ0v) is 11.9. The number of furan rings is 1. The summed E-state index contributed by atoms with van der Waals surface area (Å²) >= 11 is 0. The van der Waals surface area contributed by atoms with E-state index in [9.17, 15) is 14.4 Å². The number of hydrogen-bond acceptors (Lipinski definition) is 5. The number of carbonyl (C=O) groups is 3. The first kappa shape index (κ1) is 16.5. The Hall–Kier alpha value is -2.51. The van der Waals surface area contributed by atoms with Crippen molar-refractivity contribution in [2.75, 3.05) is 14.2 Å². The molecule has 0 aliphatic carbocycles. The molecule has 8 heteroatoms. The third-order valence-electron chi connectivity index (χ3n) is 2.78. The maximum absolute atomic E-state index is 11.9. The molecule has 0 spiro atoms. The predicted octanol–water partition coefficient (Wildman–Crippen LogP) is 0.827. The third-order valence-corrected chi connectivity index (χ3v) is 2.78. The van der Waals surface area contributed by atoms with Gasteiger partial charge in [0.05, 0.1) is 19.9 Å². The van der Waals surface area contributed by atoms with Crippen molar-refractivity contribution in [3.8, 4) is 0 Å². The summed E-state index contributed by atoms with van der Waals surface area (Å²) in [6, 6.07) is 1.67. The smallest absolute Gasteiger partial charge is 0.326 e. The monoisotopic (exact) mass is 298 g/mol. The third kappa shape index (κ3) is 5.55. The number of urea groups is 1. The second kappa shape index (κ2) is 7.93. The number of carboxylic acids is 1. The van der Waals surface area contributed by atoms with Crippen LogP contribution in [-0.4, -0.2) is 48.2 Å². The molecule has 0 bridgehead atoms. The van der Waals surface area contributed by atoms with Gasteiger partial charge in [0.1, 0.15) is 11.8 Å². The number of hydrogen-bond donors (Lipinski definition) is 2. The summed E-state index contributed by atoms with van der Waals surface area (Å²) in [4.78, 5) is 35.3. The van der Waals surface area contributed by atoms with Crippen molar-refractivity contribution in [2.24, 2.45) is 0 Å². The summed E-state index contributed by atoms with van der Waals surface area (Å²) in [6.07, 6.45) is 1.36. The largest absolute Gasteiger partial charge is 0.480 e. The van der Waals surface area contributed by atoms with Crippen LogP contribution in [0.4, 0.5) is 4.79 Å². The molecule has 1 aromatic heterocycles. The number of carboxylic acid groups (broad SMARTS) is 1. The highest BCUT2D eigenvalue weighted by Crippen LogP contribution is 2.05. The van der Waals surface area contributed by atoms with Crippen LogP contribution in [0.5, 0.6) is 0 Å². The van der Waals surface area contributed by atoms with Gasteiger partial charge in [0.25, 0.3) is 0 Å². The van der Waals surface area contributed by atoms with Crippen molar-refractivity contribution in [2.45, 2.75) is 25.4 Å². The Morgan fingerprint density at radius 2 is 2.19 bits per heavy atom. The van der Waals surface area contributed by atoms with Crippen LogP contribution in [0.15, 0.2) is 22.8 Å². The average molecular weight is 298 g/mol. The summed E-state index contributed by atoms with van der Waals surface area (Å²) in [5.74, 6) is -1.16. The Morgan fingerprint density at radius 3 is 2.71 bits per heavy atom. The number of amides is 2. The van der Waals surface area contributed by atoms with E-state index in [2.05, 4.69) is 10.1 Å². The molecule has 0 radical (unpaired) electrons. The van der Waals surface area contributed by atoms with Crippen molar-refractivity contribution < 1.29 is 28.6 Å². The highest BCUT2D eigenvalue weighted by Gasteiger charge is 2.23. The molecule has 0 saturated heterocycles. The number of methoxy groups -OCH3 is 1. The molecule has 2 amide bonds. The number of carbonyl (C=O) groups excluding carboxylic acids is 2. The zero-order chi connectivity index (χ0) is 15.8. The van der Waals surface area contributed by atoms with Gasteiger partial charge in [-0.2, -0.15) is 0 Å². The molecule has 0 unspecified atom stereocenters. The van der Waals surface area contributed by atoms with E-state index < -0.39 is 24.0 Å². The Kier molecular flexibility index (Phi) is 6.25. The minimum Gasteiger partial charge on any atom is -0.480 e. The van der Waals surface area contributed by atoms with Crippen LogP contribution in [0.2, 0.25) is 0 Å². The van der Waals surface area contributed by atoms with Crippen molar-refractivity contribution in [3.05, 3.63) is 24.2 Å². The molecular weight excluding hydrogens is 280 g/mol. The van der Waals surface area contributed by atoms with Gasteiger partial charge in [-0.05, 0) is 18.6 Å². The van der Waals surface area contributed by atoms with Gasteiger partial charge >= 0.3 is 18.0 Å². The summed E-state index contributed by atoms with van der Waals surface area (Å²) in [6.45, 7) is 0.210. The number of aliphatic carboxylic acids is 1. The molecule has 8 nitrogen and oxygen atoms in total. The molecule has 0 aliphatic heterocycles. The van der Waals surface area contributed by atoms with Gasteiger partial charge in [0.15, 0.2) is 0 Å². The van der Waals surface area contributed by atoms with Crippen LogP contribution < -0.4 is 5.32 Å². The first-order valence-corrected chi connectivity index (χ1v) is 6.27. The number of esters is 1. The van der Waals surface area contributed by atoms with Gasteiger partial charge in [-0.3, -0.25) is 4.79 Å². The maximum atomic E-state index is 11.9. The summed E-state index contributed by atoms with van der Waals surface area (Å²) in [5.41, 5.74) is 0. The highest BCUT2D eigenvalue weighted by atomic mass is 16.5. The van der Waals surface area contributed by atoms with E-state index in [1.165, 1.54) is 25.3 Å². The molecule has 116 valence electrons. The van der Waals surface area contributed by atoms with Crippen LogP contribution in [0, 0.1) is 0 Å². The zero-order valence-electron chi connectivity index (χ0n) is 11.9. The van der Waals surface area contributed by atoms with Gasteiger partial charge in [-0.25, -0.2) is 9.59 Å². The first-order chi connectivity index (χ1) is 9.93. The second-order valence-electron chi connectivity index (χ2n) is 4.39. The van der Waals surface area contributed by atoms with Gasteiger partial charge < -0.3 is 24.5 Å². The lowest BCUT2D eigenvalue weighted by atomic mass is 10.1. The molecule has 21 heavy (non-hydrogen) atoms. The molecule has 1 aromatic rings. The van der Waals surface area contributed by atoms with E-state index in [4.69, 9.17) is 9.52 Å². The lowest BCUT2D eigenvalue weighted by Crippen LogP contribution is -2.46. The molecule has 1 rings (SSSR count). The van der Waals surface area contributed by atoms with E-state index in [1.807, 2.05) is 0 Å². The normalized spacial score (nSPS) is 11.5. The molecule has 0 saturated carbocycles. The van der Waals surface area contributed by atoms with E-state index >= 15 is 0 Å². The molecule has 0 fully saturated rings. The number of nitrogens with zero attached hydrogens (tertiary/aromatic N) is 1. The summed E-state index contributed by atoms with van der Waals surface area (Å²) < 4.78 is 9.54. The van der Waals surface area contributed by atoms with Crippen LogP contribution >= 0.6 is 0 Å². The average Bonchev–Trinajstić information content (AvgIpc) is 2.95. The quantitative estimate of drug-likeness (QED) is 0.721. The second-order valence-corrected chi connectivity index (χ2v) is 4.39. The van der Waals surface area contributed by atoms with Crippen LogP contribution in [0.1, 0.15) is 18.6 Å². The van der Waals surface area contributed by atoms with Gasteiger partial charge in [-0.15, -0.1) is 0 Å². The molecule has 2 N–H and O–H groups in total. The minimum atomic E-state index is -1.21. The van der Waals surface area contributed by atoms with Gasteiger partial charge in [0, 0.05) is 13.5 Å². The minimum absolute atomic E-state index is 0.0393. The molecule has 0 aliphatic rings. The number of nitrogens with one attached hydrogen (secondary N) is 1. The van der Waals surface area contributed by atoms with Crippen molar-refractivity contribution >= 4 is 18.0 Å². The SMILES string of the molecule is COC(=O)CC[C@@H](NC(=O)N(C)Cc1ccco1)C(=O)O. The lowest BCUT2D eigenvalue weighted by molar-refractivity contribution is -0.142. The fourth-order valence-electron chi connectivity index (χ4n) is 1.59. The van der Waals surface area contributed by atoms with Gasteiger partial charge in [0.2, 0.25) is 0 Å². The Balaban J connectivity index is 2.51. The van der Waals surface area contributed by atoms with E-state index in [-0.39, 0.29) is 19.4 Å². The topological polar surface area (TPSA) is 109 Å². The maximum Gasteiger partial charge on any atom is 0.326 e. The first-order valence-electron chi connectivity index (χ1n) is 6.27. The van der Waals surface area contributed by atoms with E-state index in [0.29, 0.717) is 5.76 Å². The van der Waals surface area contributed by atoms with Crippen molar-refractivity contribution in [1.29, 1.82) is 0 Å². The fourth-order valence-corrected chi connectivity index (χ4v) is 1.59. The Labute approximate surface area is 121 Å². The molecule has 0 aromatic carbocycles. The van der Waals surface area contributed by atoms with Crippen LogP contribution in [-0.2, 0) is 20.9 Å². The lowest BCUT2D eigenvalue weighted by Gasteiger charge is -2.20. The Morgan fingerprint density at radius 1 is 1.48 bits per heavy atom. The fraction of sp³-hybridized carbons (Fsp3) is 0.462. The highest BCUT2D eigenvalue weighted by molar-refractivity contribution is 5.83. The molecular formula is C13H18N2O6. The van der Waals surface area contributed by atoms with Crippen molar-refractivity contribution in [3.63, 3.8) is 0 Å². The number of ether oxygens (including phenoxy) is 1. The summed E-state index contributed by atoms with van der Waals surface area (Å²) in [7, 11) is 2.73.